The first-order chi connectivity index (χ1) is 6.22. The normalized spacial score (nSPS) is 15.9. The SMILES string of the molecule is COc1nc(F)nc(C2CC2)c1C. The van der Waals surface area contributed by atoms with Crippen molar-refractivity contribution in [3.05, 3.63) is 17.3 Å². The minimum Gasteiger partial charge on any atom is -0.481 e. The Balaban J connectivity index is 2.47. The van der Waals surface area contributed by atoms with Crippen LogP contribution in [0.1, 0.15) is 30.0 Å². The summed E-state index contributed by atoms with van der Waals surface area (Å²) in [5.74, 6) is 0.779. The molecule has 1 heterocycles. The van der Waals surface area contributed by atoms with Crippen LogP contribution in [0.5, 0.6) is 5.88 Å². The van der Waals surface area contributed by atoms with Crippen LogP contribution in [-0.4, -0.2) is 17.1 Å². The fraction of sp³-hybridized carbons (Fsp3) is 0.556. The van der Waals surface area contributed by atoms with Gasteiger partial charge in [0.05, 0.1) is 12.8 Å². The van der Waals surface area contributed by atoms with E-state index in [0.29, 0.717) is 11.8 Å². The van der Waals surface area contributed by atoms with Crippen LogP contribution < -0.4 is 4.74 Å². The Morgan fingerprint density at radius 1 is 1.38 bits per heavy atom. The van der Waals surface area contributed by atoms with Gasteiger partial charge in [0, 0.05) is 11.5 Å². The second kappa shape index (κ2) is 2.94. The number of rotatable bonds is 2. The Morgan fingerprint density at radius 3 is 2.62 bits per heavy atom. The van der Waals surface area contributed by atoms with Crippen LogP contribution in [0, 0.1) is 13.0 Å². The number of halogens is 1. The molecule has 1 aromatic rings. The largest absolute Gasteiger partial charge is 0.481 e. The topological polar surface area (TPSA) is 35.0 Å². The predicted octanol–water partition coefficient (Wildman–Crippen LogP) is 1.81. The first-order valence-corrected chi connectivity index (χ1v) is 4.30. The zero-order valence-corrected chi connectivity index (χ0v) is 7.67. The van der Waals surface area contributed by atoms with Gasteiger partial charge in [0.25, 0.3) is 0 Å². The zero-order valence-electron chi connectivity index (χ0n) is 7.67. The number of methoxy groups -OCH3 is 1. The van der Waals surface area contributed by atoms with E-state index in [4.69, 9.17) is 4.74 Å². The fourth-order valence-corrected chi connectivity index (χ4v) is 1.44. The summed E-state index contributed by atoms with van der Waals surface area (Å²) in [5.41, 5.74) is 1.68. The van der Waals surface area contributed by atoms with Gasteiger partial charge in [-0.25, -0.2) is 4.98 Å². The van der Waals surface area contributed by atoms with E-state index in [9.17, 15) is 4.39 Å². The van der Waals surface area contributed by atoms with E-state index >= 15 is 0 Å². The van der Waals surface area contributed by atoms with Crippen molar-refractivity contribution in [3.8, 4) is 5.88 Å². The molecule has 0 atom stereocenters. The highest BCUT2D eigenvalue weighted by Gasteiger charge is 2.29. The van der Waals surface area contributed by atoms with Crippen molar-refractivity contribution in [1.29, 1.82) is 0 Å². The third-order valence-corrected chi connectivity index (χ3v) is 2.27. The van der Waals surface area contributed by atoms with Crippen molar-refractivity contribution in [1.82, 2.24) is 9.97 Å². The van der Waals surface area contributed by atoms with E-state index in [0.717, 1.165) is 24.1 Å². The maximum Gasteiger partial charge on any atom is 0.312 e. The Morgan fingerprint density at radius 2 is 2.08 bits per heavy atom. The maximum absolute atomic E-state index is 12.9. The molecule has 2 rings (SSSR count). The minimum absolute atomic E-state index is 0.356. The van der Waals surface area contributed by atoms with E-state index < -0.39 is 6.08 Å². The second-order valence-corrected chi connectivity index (χ2v) is 3.29. The lowest BCUT2D eigenvalue weighted by molar-refractivity contribution is 0.376. The summed E-state index contributed by atoms with van der Waals surface area (Å²) < 4.78 is 17.8. The van der Waals surface area contributed by atoms with E-state index in [1.54, 1.807) is 0 Å². The van der Waals surface area contributed by atoms with Crippen molar-refractivity contribution in [2.24, 2.45) is 0 Å². The van der Waals surface area contributed by atoms with Gasteiger partial charge < -0.3 is 4.74 Å². The molecule has 0 saturated heterocycles. The molecule has 1 aromatic heterocycles. The van der Waals surface area contributed by atoms with Gasteiger partial charge in [-0.15, -0.1) is 0 Å². The van der Waals surface area contributed by atoms with Crippen LogP contribution in [0.3, 0.4) is 0 Å². The van der Waals surface area contributed by atoms with E-state index in [-0.39, 0.29) is 0 Å². The first kappa shape index (κ1) is 8.41. The van der Waals surface area contributed by atoms with E-state index in [1.165, 1.54) is 7.11 Å². The van der Waals surface area contributed by atoms with E-state index in [2.05, 4.69) is 9.97 Å². The highest BCUT2D eigenvalue weighted by Crippen LogP contribution is 2.41. The smallest absolute Gasteiger partial charge is 0.312 e. The number of nitrogens with zero attached hydrogens (tertiary/aromatic N) is 2. The minimum atomic E-state index is -0.690. The van der Waals surface area contributed by atoms with Gasteiger partial charge in [0.1, 0.15) is 0 Å². The molecule has 0 aliphatic heterocycles. The molecule has 0 N–H and O–H groups in total. The highest BCUT2D eigenvalue weighted by molar-refractivity contribution is 5.32. The third kappa shape index (κ3) is 1.48. The van der Waals surface area contributed by atoms with Crippen LogP contribution in [0.2, 0.25) is 0 Å². The molecular weight excluding hydrogens is 171 g/mol. The molecule has 13 heavy (non-hydrogen) atoms. The van der Waals surface area contributed by atoms with Crippen LogP contribution in [0.4, 0.5) is 4.39 Å². The number of hydrogen-bond donors (Lipinski definition) is 0. The van der Waals surface area contributed by atoms with Crippen molar-refractivity contribution in [3.63, 3.8) is 0 Å². The van der Waals surface area contributed by atoms with Crippen LogP contribution in [-0.2, 0) is 0 Å². The van der Waals surface area contributed by atoms with Gasteiger partial charge in [-0.3, -0.25) is 0 Å². The Bertz CT molecular complexity index is 337. The van der Waals surface area contributed by atoms with Crippen LogP contribution >= 0.6 is 0 Å². The molecule has 0 unspecified atom stereocenters. The second-order valence-electron chi connectivity index (χ2n) is 3.29. The van der Waals surface area contributed by atoms with Crippen molar-refractivity contribution in [2.45, 2.75) is 25.7 Å². The van der Waals surface area contributed by atoms with Gasteiger partial charge in [0.15, 0.2) is 0 Å². The zero-order chi connectivity index (χ0) is 9.42. The molecule has 1 aliphatic rings. The summed E-state index contributed by atoms with van der Waals surface area (Å²) >= 11 is 0. The van der Waals surface area contributed by atoms with Gasteiger partial charge in [-0.2, -0.15) is 9.37 Å². The Kier molecular flexibility index (Phi) is 1.90. The monoisotopic (exact) mass is 182 g/mol. The molecule has 0 spiro atoms. The molecule has 3 nitrogen and oxygen atoms in total. The quantitative estimate of drug-likeness (QED) is 0.654. The summed E-state index contributed by atoms with van der Waals surface area (Å²) in [5, 5.41) is 0. The lowest BCUT2D eigenvalue weighted by Gasteiger charge is -2.07. The van der Waals surface area contributed by atoms with Crippen molar-refractivity contribution >= 4 is 0 Å². The van der Waals surface area contributed by atoms with Gasteiger partial charge in [0.2, 0.25) is 5.88 Å². The van der Waals surface area contributed by atoms with E-state index in [1.807, 2.05) is 6.92 Å². The average molecular weight is 182 g/mol. The Hall–Kier alpha value is -1.19. The highest BCUT2D eigenvalue weighted by atomic mass is 19.1. The third-order valence-electron chi connectivity index (χ3n) is 2.27. The van der Waals surface area contributed by atoms with Crippen LogP contribution in [0.15, 0.2) is 0 Å². The molecule has 1 aliphatic carbocycles. The van der Waals surface area contributed by atoms with Crippen molar-refractivity contribution < 1.29 is 9.13 Å². The first-order valence-electron chi connectivity index (χ1n) is 4.30. The molecule has 70 valence electrons. The van der Waals surface area contributed by atoms with Gasteiger partial charge in [-0.1, -0.05) is 0 Å². The lowest BCUT2D eigenvalue weighted by atomic mass is 10.2. The number of aromatic nitrogens is 2. The summed E-state index contributed by atoms with van der Waals surface area (Å²) in [6.07, 6.45) is 1.50. The molecular formula is C9H11FN2O. The van der Waals surface area contributed by atoms with Gasteiger partial charge >= 0.3 is 6.08 Å². The van der Waals surface area contributed by atoms with Crippen LogP contribution in [0.25, 0.3) is 0 Å². The molecule has 1 saturated carbocycles. The molecule has 0 radical (unpaired) electrons. The molecule has 4 heteroatoms. The number of ether oxygens (including phenoxy) is 1. The summed E-state index contributed by atoms with van der Waals surface area (Å²) in [4.78, 5) is 7.35. The summed E-state index contributed by atoms with van der Waals surface area (Å²) in [6, 6.07) is 0. The molecule has 1 fully saturated rings. The lowest BCUT2D eigenvalue weighted by Crippen LogP contribution is -2.02. The molecule has 0 amide bonds. The molecule has 0 bridgehead atoms. The Labute approximate surface area is 76.0 Å². The average Bonchev–Trinajstić information content (AvgIpc) is 2.91. The molecule has 0 aromatic carbocycles. The standard InChI is InChI=1S/C9H11FN2O/c1-5-7(6-3-4-6)11-9(10)12-8(5)13-2/h6H,3-4H2,1-2H3. The fourth-order valence-electron chi connectivity index (χ4n) is 1.44. The van der Waals surface area contributed by atoms with Gasteiger partial charge in [-0.05, 0) is 19.8 Å². The maximum atomic E-state index is 12.9. The predicted molar refractivity (Wildman–Crippen MR) is 45.3 cm³/mol. The summed E-state index contributed by atoms with van der Waals surface area (Å²) in [7, 11) is 1.49. The van der Waals surface area contributed by atoms with Crippen molar-refractivity contribution in [2.75, 3.05) is 7.11 Å². The number of hydrogen-bond acceptors (Lipinski definition) is 3. The summed E-state index contributed by atoms with van der Waals surface area (Å²) in [6.45, 7) is 1.87.